The lowest BCUT2D eigenvalue weighted by atomic mass is 9.77. The minimum absolute atomic E-state index is 0.147. The Bertz CT molecular complexity index is 1230. The first-order valence-corrected chi connectivity index (χ1v) is 12.6. The number of nitrogens with one attached hydrogen (secondary N) is 4. The van der Waals surface area contributed by atoms with Gasteiger partial charge in [-0.2, -0.15) is 13.2 Å². The normalized spacial score (nSPS) is 24.4. The summed E-state index contributed by atoms with van der Waals surface area (Å²) in [7, 11) is 0. The Hall–Kier alpha value is -2.76. The van der Waals surface area contributed by atoms with Gasteiger partial charge in [0.15, 0.2) is 0 Å². The minimum Gasteiger partial charge on any atom is -0.369 e. The van der Waals surface area contributed by atoms with E-state index in [0.717, 1.165) is 63.6 Å². The molecule has 3 aliphatic rings. The molecule has 0 radical (unpaired) electrons. The Morgan fingerprint density at radius 1 is 1.06 bits per heavy atom. The molecule has 11 heteroatoms. The lowest BCUT2D eigenvalue weighted by Gasteiger charge is -2.34. The number of ether oxygens (including phenoxy) is 1. The SMILES string of the molecule is FC(F)(F)c1cnc(NC2CCC3(CCNCC3)C2)nc1-c1c[nH]c2nc(C3CNCCO3)ccc12. The fourth-order valence-electron chi connectivity index (χ4n) is 5.94. The third kappa shape index (κ3) is 4.55. The van der Waals surface area contributed by atoms with Crippen LogP contribution in [0.15, 0.2) is 24.5 Å². The number of pyridine rings is 1. The van der Waals surface area contributed by atoms with E-state index in [2.05, 4.69) is 35.9 Å². The van der Waals surface area contributed by atoms with E-state index in [9.17, 15) is 13.2 Å². The average molecular weight is 502 g/mol. The maximum Gasteiger partial charge on any atom is 0.419 e. The average Bonchev–Trinajstić information content (AvgIpc) is 3.48. The van der Waals surface area contributed by atoms with Crippen LogP contribution in [0.4, 0.5) is 19.1 Å². The number of piperidine rings is 1. The number of anilines is 1. The molecule has 1 saturated carbocycles. The largest absolute Gasteiger partial charge is 0.419 e. The first kappa shape index (κ1) is 23.6. The molecule has 8 nitrogen and oxygen atoms in total. The number of hydrogen-bond acceptors (Lipinski definition) is 7. The van der Waals surface area contributed by atoms with E-state index in [1.54, 1.807) is 12.3 Å². The fourth-order valence-corrected chi connectivity index (χ4v) is 5.94. The van der Waals surface area contributed by atoms with Crippen molar-refractivity contribution in [3.63, 3.8) is 0 Å². The van der Waals surface area contributed by atoms with Crippen LogP contribution in [0.1, 0.15) is 49.5 Å². The summed E-state index contributed by atoms with van der Waals surface area (Å²) in [5.74, 6) is 0.231. The molecule has 5 heterocycles. The van der Waals surface area contributed by atoms with E-state index in [1.165, 1.54) is 0 Å². The fraction of sp³-hybridized carbons (Fsp3) is 0.560. The molecule has 4 N–H and O–H groups in total. The second-order valence-electron chi connectivity index (χ2n) is 10.2. The van der Waals surface area contributed by atoms with Crippen LogP contribution < -0.4 is 16.0 Å². The molecule has 192 valence electrons. The number of morpholine rings is 1. The molecular weight excluding hydrogens is 471 g/mol. The van der Waals surface area contributed by atoms with Crippen molar-refractivity contribution in [3.05, 3.63) is 35.8 Å². The molecule has 1 spiro atoms. The summed E-state index contributed by atoms with van der Waals surface area (Å²) in [5.41, 5.74) is 0.893. The van der Waals surface area contributed by atoms with Gasteiger partial charge in [0.05, 0.1) is 18.0 Å². The summed E-state index contributed by atoms with van der Waals surface area (Å²) in [6, 6.07) is 3.75. The monoisotopic (exact) mass is 501 g/mol. The number of rotatable bonds is 4. The molecule has 2 aliphatic heterocycles. The van der Waals surface area contributed by atoms with Crippen LogP contribution in [0.3, 0.4) is 0 Å². The lowest BCUT2D eigenvalue weighted by Crippen LogP contribution is -2.35. The summed E-state index contributed by atoms with van der Waals surface area (Å²) >= 11 is 0. The zero-order valence-electron chi connectivity index (χ0n) is 19.9. The maximum atomic E-state index is 14.0. The Balaban J connectivity index is 1.30. The van der Waals surface area contributed by atoms with E-state index < -0.39 is 11.7 Å². The van der Waals surface area contributed by atoms with Crippen LogP contribution >= 0.6 is 0 Å². The van der Waals surface area contributed by atoms with Gasteiger partial charge in [-0.15, -0.1) is 0 Å². The smallest absolute Gasteiger partial charge is 0.369 e. The van der Waals surface area contributed by atoms with Crippen molar-refractivity contribution in [3.8, 4) is 11.3 Å². The summed E-state index contributed by atoms with van der Waals surface area (Å²) in [5, 5.41) is 10.6. The van der Waals surface area contributed by atoms with Gasteiger partial charge in [0.25, 0.3) is 0 Å². The van der Waals surface area contributed by atoms with E-state index in [1.807, 2.05) is 6.07 Å². The summed E-state index contributed by atoms with van der Waals surface area (Å²) in [6.07, 6.45) is 3.02. The molecule has 6 rings (SSSR count). The first-order chi connectivity index (χ1) is 17.4. The van der Waals surface area contributed by atoms with Gasteiger partial charge in [-0.05, 0) is 62.7 Å². The highest BCUT2D eigenvalue weighted by Gasteiger charge is 2.40. The number of fused-ring (bicyclic) bond motifs is 1. The third-order valence-electron chi connectivity index (χ3n) is 7.87. The second-order valence-corrected chi connectivity index (χ2v) is 10.2. The van der Waals surface area contributed by atoms with Crippen molar-refractivity contribution in [2.45, 2.75) is 50.4 Å². The van der Waals surface area contributed by atoms with Gasteiger partial charge >= 0.3 is 6.18 Å². The van der Waals surface area contributed by atoms with Gasteiger partial charge < -0.3 is 25.7 Å². The van der Waals surface area contributed by atoms with Crippen LogP contribution in [0.25, 0.3) is 22.3 Å². The number of H-pyrrole nitrogens is 1. The molecule has 3 aromatic heterocycles. The second kappa shape index (κ2) is 9.28. The van der Waals surface area contributed by atoms with Crippen LogP contribution in [-0.4, -0.2) is 58.8 Å². The van der Waals surface area contributed by atoms with Gasteiger partial charge in [-0.25, -0.2) is 15.0 Å². The standard InChI is InChI=1S/C25H30F3N7O/c26-25(27,28)18-13-32-23(33-15-3-4-24(11-15)5-7-29-8-6-24)35-21(18)17-12-31-22-16(17)1-2-19(34-22)20-14-30-9-10-36-20/h1-2,12-13,15,20,29-30H,3-11,14H2,(H,31,34)(H,32,33,35). The van der Waals surface area contributed by atoms with E-state index in [-0.39, 0.29) is 23.8 Å². The van der Waals surface area contributed by atoms with Crippen LogP contribution in [0.2, 0.25) is 0 Å². The van der Waals surface area contributed by atoms with Crippen molar-refractivity contribution >= 4 is 17.0 Å². The Labute approximate surface area is 206 Å². The lowest BCUT2D eigenvalue weighted by molar-refractivity contribution is -0.137. The Morgan fingerprint density at radius 3 is 2.69 bits per heavy atom. The number of hydrogen-bond donors (Lipinski definition) is 4. The van der Waals surface area contributed by atoms with Crippen LogP contribution in [0, 0.1) is 5.41 Å². The van der Waals surface area contributed by atoms with Gasteiger partial charge in [0.2, 0.25) is 5.95 Å². The topological polar surface area (TPSA) is 99.8 Å². The molecule has 0 bridgehead atoms. The molecule has 2 unspecified atom stereocenters. The number of aromatic amines is 1. The summed E-state index contributed by atoms with van der Waals surface area (Å²) < 4.78 is 47.7. The van der Waals surface area contributed by atoms with Gasteiger partial charge in [-0.3, -0.25) is 0 Å². The zero-order chi connectivity index (χ0) is 24.8. The molecule has 2 atom stereocenters. The molecule has 0 aromatic carbocycles. The van der Waals surface area contributed by atoms with Gasteiger partial charge in [-0.1, -0.05) is 0 Å². The van der Waals surface area contributed by atoms with Gasteiger partial charge in [0.1, 0.15) is 17.3 Å². The Morgan fingerprint density at radius 2 is 1.92 bits per heavy atom. The molecule has 36 heavy (non-hydrogen) atoms. The number of nitrogens with zero attached hydrogens (tertiary/aromatic N) is 3. The van der Waals surface area contributed by atoms with Crippen molar-refractivity contribution in [2.75, 3.05) is 38.1 Å². The predicted octanol–water partition coefficient (Wildman–Crippen LogP) is 4.03. The molecular formula is C25H30F3N7O. The van der Waals surface area contributed by atoms with Gasteiger partial charge in [0, 0.05) is 42.5 Å². The number of aromatic nitrogens is 4. The molecule has 1 aliphatic carbocycles. The molecule has 3 fully saturated rings. The quantitative estimate of drug-likeness (QED) is 0.428. The first-order valence-electron chi connectivity index (χ1n) is 12.6. The van der Waals surface area contributed by atoms with Crippen LogP contribution in [-0.2, 0) is 10.9 Å². The molecule has 2 saturated heterocycles. The molecule has 3 aromatic rings. The number of halogens is 3. The van der Waals surface area contributed by atoms with Crippen molar-refractivity contribution < 1.29 is 17.9 Å². The van der Waals surface area contributed by atoms with Crippen molar-refractivity contribution in [2.24, 2.45) is 5.41 Å². The molecule has 0 amide bonds. The van der Waals surface area contributed by atoms with E-state index in [0.29, 0.717) is 35.2 Å². The highest BCUT2D eigenvalue weighted by atomic mass is 19.4. The summed E-state index contributed by atoms with van der Waals surface area (Å²) in [4.78, 5) is 16.1. The highest BCUT2D eigenvalue weighted by Crippen LogP contribution is 2.46. The highest BCUT2D eigenvalue weighted by molar-refractivity contribution is 5.93. The zero-order valence-corrected chi connectivity index (χ0v) is 19.9. The summed E-state index contributed by atoms with van der Waals surface area (Å²) in [6.45, 7) is 4.06. The van der Waals surface area contributed by atoms with Crippen molar-refractivity contribution in [1.29, 1.82) is 0 Å². The minimum atomic E-state index is -4.58. The van der Waals surface area contributed by atoms with E-state index >= 15 is 0 Å². The maximum absolute atomic E-state index is 14.0. The number of alkyl halides is 3. The Kier molecular flexibility index (Phi) is 6.09. The predicted molar refractivity (Wildman–Crippen MR) is 129 cm³/mol. The third-order valence-corrected chi connectivity index (χ3v) is 7.87. The van der Waals surface area contributed by atoms with Crippen LogP contribution in [0.5, 0.6) is 0 Å². The van der Waals surface area contributed by atoms with E-state index in [4.69, 9.17) is 4.74 Å². The van der Waals surface area contributed by atoms with Crippen molar-refractivity contribution in [1.82, 2.24) is 30.6 Å².